The Morgan fingerprint density at radius 3 is 2.57 bits per heavy atom. The normalized spacial score (nSPS) is 21.9. The number of morpholine rings is 1. The number of sulfonamides is 1. The molecule has 0 atom stereocenters. The molecule has 1 aromatic carbocycles. The van der Waals surface area contributed by atoms with E-state index in [1.54, 1.807) is 0 Å². The predicted octanol–water partition coefficient (Wildman–Crippen LogP) is 1.29. The van der Waals surface area contributed by atoms with Crippen LogP contribution >= 0.6 is 23.2 Å². The van der Waals surface area contributed by atoms with Crippen molar-refractivity contribution >= 4 is 44.8 Å². The van der Waals surface area contributed by atoms with Crippen molar-refractivity contribution in [1.29, 1.82) is 0 Å². The molecule has 3 rings (SSSR count). The molecule has 2 heterocycles. The van der Waals surface area contributed by atoms with Crippen LogP contribution < -0.4 is 5.32 Å². The highest BCUT2D eigenvalue weighted by molar-refractivity contribution is 7.89. The van der Waals surface area contributed by atoms with Crippen molar-refractivity contribution in [2.24, 2.45) is 0 Å². The Kier molecular flexibility index (Phi) is 3.66. The zero-order valence-corrected chi connectivity index (χ0v) is 13.1. The Hall–Kier alpha value is -0.860. The fraction of sp³-hybridized carbons (Fsp3) is 0.417. The van der Waals surface area contributed by atoms with Gasteiger partial charge in [0.15, 0.2) is 0 Å². The summed E-state index contributed by atoms with van der Waals surface area (Å²) in [5.41, 5.74) is 0.677. The Morgan fingerprint density at radius 1 is 1.24 bits per heavy atom. The molecule has 0 radical (unpaired) electrons. The first kappa shape index (κ1) is 15.1. The van der Waals surface area contributed by atoms with Crippen LogP contribution in [0.2, 0.25) is 0 Å². The molecular formula is C12H12Cl2N2O4S. The van der Waals surface area contributed by atoms with Gasteiger partial charge in [-0.2, -0.15) is 4.31 Å². The van der Waals surface area contributed by atoms with E-state index in [1.807, 2.05) is 0 Å². The molecule has 21 heavy (non-hydrogen) atoms. The number of halogens is 2. The molecule has 1 N–H and O–H groups in total. The van der Waals surface area contributed by atoms with Gasteiger partial charge >= 0.3 is 0 Å². The molecule has 0 aromatic heterocycles. The standard InChI is InChI=1S/C12H12Cl2N2O4S/c13-12(14)9-7-8(1-2-10(9)15-11(12)17)21(18,19)16-3-5-20-6-4-16/h1-2,7H,3-6H2,(H,15,17). The molecule has 0 spiro atoms. The average Bonchev–Trinajstić information content (AvgIpc) is 2.70. The maximum absolute atomic E-state index is 12.6. The minimum atomic E-state index is -3.65. The van der Waals surface area contributed by atoms with Crippen LogP contribution in [0.3, 0.4) is 0 Å². The van der Waals surface area contributed by atoms with Crippen molar-refractivity contribution in [1.82, 2.24) is 4.31 Å². The van der Waals surface area contributed by atoms with E-state index in [2.05, 4.69) is 5.32 Å². The lowest BCUT2D eigenvalue weighted by molar-refractivity contribution is -0.116. The maximum Gasteiger partial charge on any atom is 0.265 e. The van der Waals surface area contributed by atoms with Crippen LogP contribution in [0.1, 0.15) is 5.56 Å². The monoisotopic (exact) mass is 350 g/mol. The van der Waals surface area contributed by atoms with E-state index in [9.17, 15) is 13.2 Å². The summed E-state index contributed by atoms with van der Waals surface area (Å²) < 4.78 is 29.8. The molecule has 0 bridgehead atoms. The number of amides is 1. The molecule has 0 saturated carbocycles. The van der Waals surface area contributed by atoms with Crippen molar-refractivity contribution in [2.75, 3.05) is 31.6 Å². The number of carbonyl (C=O) groups is 1. The number of carbonyl (C=O) groups excluding carboxylic acids is 1. The molecule has 1 saturated heterocycles. The van der Waals surface area contributed by atoms with E-state index in [4.69, 9.17) is 27.9 Å². The lowest BCUT2D eigenvalue weighted by atomic mass is 10.1. The van der Waals surface area contributed by atoms with Gasteiger partial charge < -0.3 is 10.1 Å². The van der Waals surface area contributed by atoms with Gasteiger partial charge in [-0.15, -0.1) is 0 Å². The van der Waals surface area contributed by atoms with Gasteiger partial charge in [-0.1, -0.05) is 23.2 Å². The summed E-state index contributed by atoms with van der Waals surface area (Å²) >= 11 is 12.0. The van der Waals surface area contributed by atoms with Gasteiger partial charge in [0.05, 0.1) is 18.1 Å². The Morgan fingerprint density at radius 2 is 1.90 bits per heavy atom. The number of hydrogen-bond acceptors (Lipinski definition) is 4. The van der Waals surface area contributed by atoms with Crippen molar-refractivity contribution in [3.8, 4) is 0 Å². The molecule has 2 aliphatic rings. The SMILES string of the molecule is O=C1Nc2ccc(S(=O)(=O)N3CCOCC3)cc2C1(Cl)Cl. The lowest BCUT2D eigenvalue weighted by Crippen LogP contribution is -2.40. The van der Waals surface area contributed by atoms with Crippen LogP contribution in [-0.4, -0.2) is 44.9 Å². The Labute approximate surface area is 132 Å². The number of nitrogens with zero attached hydrogens (tertiary/aromatic N) is 1. The first-order chi connectivity index (χ1) is 9.83. The fourth-order valence-electron chi connectivity index (χ4n) is 2.31. The Bertz CT molecular complexity index is 699. The third-order valence-electron chi connectivity index (χ3n) is 3.47. The van der Waals surface area contributed by atoms with Crippen LogP contribution in [0.15, 0.2) is 23.1 Å². The summed E-state index contributed by atoms with van der Waals surface area (Å²) in [5, 5.41) is 2.51. The smallest absolute Gasteiger partial charge is 0.265 e. The second-order valence-corrected chi connectivity index (χ2v) is 8.02. The van der Waals surface area contributed by atoms with Crippen LogP contribution in [0, 0.1) is 0 Å². The minimum Gasteiger partial charge on any atom is -0.379 e. The molecule has 0 unspecified atom stereocenters. The number of anilines is 1. The largest absolute Gasteiger partial charge is 0.379 e. The highest BCUT2D eigenvalue weighted by atomic mass is 35.5. The average molecular weight is 351 g/mol. The third-order valence-corrected chi connectivity index (χ3v) is 6.12. The minimum absolute atomic E-state index is 0.0605. The van der Waals surface area contributed by atoms with E-state index in [-0.39, 0.29) is 10.5 Å². The van der Waals surface area contributed by atoms with Gasteiger partial charge in [-0.25, -0.2) is 8.42 Å². The van der Waals surface area contributed by atoms with Crippen molar-refractivity contribution < 1.29 is 17.9 Å². The summed E-state index contributed by atoms with van der Waals surface area (Å²) in [6.45, 7) is 1.31. The van der Waals surface area contributed by atoms with Crippen LogP contribution in [0.5, 0.6) is 0 Å². The number of rotatable bonds is 2. The van der Waals surface area contributed by atoms with Crippen LogP contribution in [0.25, 0.3) is 0 Å². The topological polar surface area (TPSA) is 75.7 Å². The summed E-state index contributed by atoms with van der Waals surface area (Å²) in [7, 11) is -3.65. The number of ether oxygens (including phenoxy) is 1. The van der Waals surface area contributed by atoms with Gasteiger partial charge in [-0.05, 0) is 18.2 Å². The molecule has 9 heteroatoms. The van der Waals surface area contributed by atoms with Gasteiger partial charge in [-0.3, -0.25) is 4.79 Å². The third kappa shape index (κ3) is 2.43. The summed E-state index contributed by atoms with van der Waals surface area (Å²) in [5.74, 6) is -0.582. The van der Waals surface area contributed by atoms with Crippen molar-refractivity contribution in [3.63, 3.8) is 0 Å². The number of fused-ring (bicyclic) bond motifs is 1. The quantitative estimate of drug-likeness (QED) is 0.815. The van der Waals surface area contributed by atoms with E-state index in [0.717, 1.165) is 0 Å². The van der Waals surface area contributed by atoms with E-state index >= 15 is 0 Å². The highest BCUT2D eigenvalue weighted by Crippen LogP contribution is 2.45. The van der Waals surface area contributed by atoms with Gasteiger partial charge in [0.1, 0.15) is 0 Å². The zero-order valence-electron chi connectivity index (χ0n) is 10.8. The maximum atomic E-state index is 12.6. The molecule has 0 aliphatic carbocycles. The molecule has 114 valence electrons. The first-order valence-electron chi connectivity index (χ1n) is 6.25. The van der Waals surface area contributed by atoms with Gasteiger partial charge in [0, 0.05) is 24.3 Å². The lowest BCUT2D eigenvalue weighted by Gasteiger charge is -2.26. The number of nitrogens with one attached hydrogen (secondary N) is 1. The number of alkyl halides is 2. The van der Waals surface area contributed by atoms with E-state index < -0.39 is 20.3 Å². The molecule has 1 aromatic rings. The first-order valence-corrected chi connectivity index (χ1v) is 8.45. The molecule has 2 aliphatic heterocycles. The highest BCUT2D eigenvalue weighted by Gasteiger charge is 2.44. The van der Waals surface area contributed by atoms with Crippen molar-refractivity contribution in [3.05, 3.63) is 23.8 Å². The molecular weight excluding hydrogens is 339 g/mol. The summed E-state index contributed by atoms with van der Waals surface area (Å²) in [6.07, 6.45) is 0. The summed E-state index contributed by atoms with van der Waals surface area (Å²) in [4.78, 5) is 11.7. The summed E-state index contributed by atoms with van der Waals surface area (Å²) in [6, 6.07) is 4.27. The predicted molar refractivity (Wildman–Crippen MR) is 78.0 cm³/mol. The fourth-order valence-corrected chi connectivity index (χ4v) is 4.15. The Balaban J connectivity index is 2.02. The van der Waals surface area contributed by atoms with Crippen molar-refractivity contribution in [2.45, 2.75) is 9.23 Å². The second-order valence-electron chi connectivity index (χ2n) is 4.75. The second kappa shape index (κ2) is 5.10. The van der Waals surface area contributed by atoms with E-state index in [0.29, 0.717) is 32.0 Å². The van der Waals surface area contributed by atoms with Crippen LogP contribution in [0.4, 0.5) is 5.69 Å². The van der Waals surface area contributed by atoms with Crippen LogP contribution in [-0.2, 0) is 23.9 Å². The molecule has 1 amide bonds. The van der Waals surface area contributed by atoms with Gasteiger partial charge in [0.25, 0.3) is 5.91 Å². The van der Waals surface area contributed by atoms with Gasteiger partial charge in [0.2, 0.25) is 14.4 Å². The van der Waals surface area contributed by atoms with E-state index in [1.165, 1.54) is 22.5 Å². The number of benzene rings is 1. The zero-order chi connectivity index (χ0) is 15.3. The molecule has 1 fully saturated rings. The number of hydrogen-bond donors (Lipinski definition) is 1. The molecule has 6 nitrogen and oxygen atoms in total.